The summed E-state index contributed by atoms with van der Waals surface area (Å²) in [4.78, 5) is 6.39. The number of rotatable bonds is 0. The smallest absolute Gasteiger partial charge is 0.0855 e. The Labute approximate surface area is 70.3 Å². The van der Waals surface area contributed by atoms with E-state index in [2.05, 4.69) is 30.7 Å². The van der Waals surface area contributed by atoms with Crippen LogP contribution in [0.1, 0.15) is 34.6 Å². The summed E-state index contributed by atoms with van der Waals surface area (Å²) < 4.78 is 0. The van der Waals surface area contributed by atoms with Gasteiger partial charge in [-0.25, -0.2) is 0 Å². The zero-order chi connectivity index (χ0) is 8.91. The molecule has 1 aliphatic heterocycles. The molecule has 0 fully saturated rings. The third kappa shape index (κ3) is 3.40. The fourth-order valence-electron chi connectivity index (χ4n) is 0.888. The molecule has 0 aromatic rings. The van der Waals surface area contributed by atoms with Crippen LogP contribution in [0, 0.1) is 0 Å². The van der Waals surface area contributed by atoms with Gasteiger partial charge in [0.15, 0.2) is 0 Å². The molecule has 0 saturated carbocycles. The van der Waals surface area contributed by atoms with Gasteiger partial charge >= 0.3 is 0 Å². The Bertz CT molecular complexity index is 122. The van der Waals surface area contributed by atoms with E-state index in [-0.39, 0.29) is 5.54 Å². The molecule has 0 saturated heterocycles. The fraction of sp³-hybridized carbons (Fsp3) is 0.889. The Morgan fingerprint density at radius 1 is 1.27 bits per heavy atom. The van der Waals surface area contributed by atoms with E-state index in [1.54, 1.807) is 0 Å². The lowest BCUT2D eigenvalue weighted by Gasteiger charge is -2.30. The van der Waals surface area contributed by atoms with Crippen LogP contribution in [0.25, 0.3) is 0 Å². The summed E-state index contributed by atoms with van der Waals surface area (Å²) in [7, 11) is 0. The van der Waals surface area contributed by atoms with Crippen molar-refractivity contribution in [1.29, 1.82) is 0 Å². The molecule has 0 aromatic heterocycles. The molecule has 0 atom stereocenters. The van der Waals surface area contributed by atoms with E-state index in [9.17, 15) is 0 Å². The Morgan fingerprint density at radius 3 is 2.00 bits per heavy atom. The Hall–Kier alpha value is -0.530. The highest BCUT2D eigenvalue weighted by Gasteiger charge is 2.19. The molecule has 1 rings (SSSR count). The van der Waals surface area contributed by atoms with E-state index < -0.39 is 0 Å². The molecule has 1 aliphatic rings. The van der Waals surface area contributed by atoms with Crippen molar-refractivity contribution in [1.82, 2.24) is 4.90 Å². The molecule has 0 amide bonds. The first kappa shape index (κ1) is 10.5. The van der Waals surface area contributed by atoms with Crippen LogP contribution in [0.4, 0.5) is 0 Å². The highest BCUT2D eigenvalue weighted by Crippen LogP contribution is 2.12. The lowest BCUT2D eigenvalue weighted by atomic mass is 10.1. The van der Waals surface area contributed by atoms with Gasteiger partial charge in [0.1, 0.15) is 0 Å². The predicted octanol–water partition coefficient (Wildman–Crippen LogP) is 2.16. The molecule has 0 N–H and O–H groups in total. The molecular formula is C9H20N2. The zero-order valence-corrected chi connectivity index (χ0v) is 8.39. The van der Waals surface area contributed by atoms with E-state index in [4.69, 9.17) is 0 Å². The lowest BCUT2D eigenvalue weighted by molar-refractivity contribution is 0.264. The minimum Gasteiger partial charge on any atom is -0.356 e. The third-order valence-corrected chi connectivity index (χ3v) is 1.55. The van der Waals surface area contributed by atoms with Crippen molar-refractivity contribution in [3.63, 3.8) is 0 Å². The van der Waals surface area contributed by atoms with E-state index in [0.29, 0.717) is 0 Å². The van der Waals surface area contributed by atoms with Crippen LogP contribution in [0.15, 0.2) is 4.99 Å². The first-order valence-electron chi connectivity index (χ1n) is 4.37. The van der Waals surface area contributed by atoms with Crippen LogP contribution in [0.2, 0.25) is 0 Å². The van der Waals surface area contributed by atoms with Gasteiger partial charge < -0.3 is 4.90 Å². The normalized spacial score (nSPS) is 16.3. The molecule has 0 radical (unpaired) electrons. The summed E-state index contributed by atoms with van der Waals surface area (Å²) >= 11 is 0. The second-order valence-electron chi connectivity index (χ2n) is 3.39. The number of hydrogen-bond donors (Lipinski definition) is 0. The maximum Gasteiger partial charge on any atom is 0.0855 e. The van der Waals surface area contributed by atoms with E-state index in [0.717, 1.165) is 13.1 Å². The van der Waals surface area contributed by atoms with Crippen molar-refractivity contribution in [3.8, 4) is 0 Å². The minimum atomic E-state index is 0.264. The third-order valence-electron chi connectivity index (χ3n) is 1.55. The Morgan fingerprint density at radius 2 is 1.82 bits per heavy atom. The summed E-state index contributed by atoms with van der Waals surface area (Å²) in [5.74, 6) is 0. The van der Waals surface area contributed by atoms with Crippen LogP contribution in [0.5, 0.6) is 0 Å². The average molecular weight is 156 g/mol. The monoisotopic (exact) mass is 156 g/mol. The summed E-state index contributed by atoms with van der Waals surface area (Å²) in [6.45, 7) is 12.7. The summed E-state index contributed by atoms with van der Waals surface area (Å²) in [5, 5.41) is 0. The first-order chi connectivity index (χ1) is 5.11. The maximum absolute atomic E-state index is 4.13. The van der Waals surface area contributed by atoms with Crippen molar-refractivity contribution < 1.29 is 0 Å². The van der Waals surface area contributed by atoms with Gasteiger partial charge in [-0.05, 0) is 20.8 Å². The van der Waals surface area contributed by atoms with Crippen molar-refractivity contribution in [3.05, 3.63) is 0 Å². The minimum absolute atomic E-state index is 0.264. The van der Waals surface area contributed by atoms with Crippen molar-refractivity contribution in [2.24, 2.45) is 4.99 Å². The molecule has 2 heteroatoms. The van der Waals surface area contributed by atoms with Crippen LogP contribution in [0.3, 0.4) is 0 Å². The molecule has 2 nitrogen and oxygen atoms in total. The van der Waals surface area contributed by atoms with E-state index in [1.807, 2.05) is 20.2 Å². The fourth-order valence-corrected chi connectivity index (χ4v) is 0.888. The standard InChI is InChI=1S/C7H14N2.C2H6/c1-7(2,3)9-5-4-8-6-9;1-2/h6H,4-5H2,1-3H3;1-2H3. The maximum atomic E-state index is 4.13. The van der Waals surface area contributed by atoms with Gasteiger partial charge in [0, 0.05) is 12.1 Å². The second-order valence-corrected chi connectivity index (χ2v) is 3.39. The second kappa shape index (κ2) is 4.37. The molecule has 0 aliphatic carbocycles. The largest absolute Gasteiger partial charge is 0.356 e. The molecular weight excluding hydrogens is 136 g/mol. The summed E-state index contributed by atoms with van der Waals surface area (Å²) in [6.07, 6.45) is 1.94. The van der Waals surface area contributed by atoms with Crippen LogP contribution in [-0.4, -0.2) is 29.9 Å². The molecule has 0 bridgehead atoms. The van der Waals surface area contributed by atoms with Gasteiger partial charge in [-0.1, -0.05) is 13.8 Å². The van der Waals surface area contributed by atoms with Gasteiger partial charge in [-0.3, -0.25) is 4.99 Å². The lowest BCUT2D eigenvalue weighted by Crippen LogP contribution is -2.38. The van der Waals surface area contributed by atoms with Crippen molar-refractivity contribution in [2.45, 2.75) is 40.2 Å². The van der Waals surface area contributed by atoms with Gasteiger partial charge in [-0.15, -0.1) is 0 Å². The van der Waals surface area contributed by atoms with Crippen molar-refractivity contribution in [2.75, 3.05) is 13.1 Å². The number of hydrogen-bond acceptors (Lipinski definition) is 2. The van der Waals surface area contributed by atoms with Gasteiger partial charge in [-0.2, -0.15) is 0 Å². The average Bonchev–Trinajstić information content (AvgIpc) is 2.40. The Balaban J connectivity index is 0.000000461. The molecule has 0 unspecified atom stereocenters. The van der Waals surface area contributed by atoms with Crippen LogP contribution >= 0.6 is 0 Å². The summed E-state index contributed by atoms with van der Waals surface area (Å²) in [5.41, 5.74) is 0.264. The van der Waals surface area contributed by atoms with Gasteiger partial charge in [0.2, 0.25) is 0 Å². The number of nitrogens with zero attached hydrogens (tertiary/aromatic N) is 2. The topological polar surface area (TPSA) is 15.6 Å². The quantitative estimate of drug-likeness (QED) is 0.524. The van der Waals surface area contributed by atoms with Gasteiger partial charge in [0.25, 0.3) is 0 Å². The highest BCUT2D eigenvalue weighted by atomic mass is 15.2. The van der Waals surface area contributed by atoms with Crippen LogP contribution in [-0.2, 0) is 0 Å². The van der Waals surface area contributed by atoms with Gasteiger partial charge in [0.05, 0.1) is 12.9 Å². The van der Waals surface area contributed by atoms with E-state index >= 15 is 0 Å². The number of aliphatic imine (C=N–C) groups is 1. The zero-order valence-electron chi connectivity index (χ0n) is 8.39. The van der Waals surface area contributed by atoms with E-state index in [1.165, 1.54) is 0 Å². The SMILES string of the molecule is CC.CC(C)(C)N1C=NCC1. The molecule has 0 spiro atoms. The molecule has 1 heterocycles. The summed E-state index contributed by atoms with van der Waals surface area (Å²) in [6, 6.07) is 0. The highest BCUT2D eigenvalue weighted by molar-refractivity contribution is 5.58. The van der Waals surface area contributed by atoms with Crippen LogP contribution < -0.4 is 0 Å². The molecule has 11 heavy (non-hydrogen) atoms. The predicted molar refractivity (Wildman–Crippen MR) is 51.2 cm³/mol. The molecule has 66 valence electrons. The molecule has 0 aromatic carbocycles. The first-order valence-corrected chi connectivity index (χ1v) is 4.37. The van der Waals surface area contributed by atoms with Crippen molar-refractivity contribution >= 4 is 6.34 Å². The Kier molecular flexibility index (Phi) is 4.16.